The minimum absolute atomic E-state index is 0.00144. The second kappa shape index (κ2) is 8.59. The smallest absolute Gasteiger partial charge is 0.308 e. The number of carbonyl (C=O) groups is 3. The largest absolute Gasteiger partial charge is 0.508 e. The lowest BCUT2D eigenvalue weighted by Crippen LogP contribution is -2.32. The van der Waals surface area contributed by atoms with Crippen molar-refractivity contribution in [3.05, 3.63) is 64.3 Å². The highest BCUT2D eigenvalue weighted by Crippen LogP contribution is 2.30. The molecule has 2 aromatic carbocycles. The summed E-state index contributed by atoms with van der Waals surface area (Å²) in [4.78, 5) is 36.6. The zero-order chi connectivity index (χ0) is 22.0. The van der Waals surface area contributed by atoms with Gasteiger partial charge in [0, 0.05) is 28.2 Å². The SMILES string of the molecule is Cc1c(CC(=O)NCC(C)C(=O)O)c2cc(O)ccc2n1C(=O)c1cccc(Cl)c1. The van der Waals surface area contributed by atoms with E-state index in [1.54, 1.807) is 37.3 Å². The number of carboxylic acids is 1. The molecule has 0 aliphatic rings. The van der Waals surface area contributed by atoms with E-state index in [0.29, 0.717) is 32.7 Å². The molecule has 0 radical (unpaired) electrons. The van der Waals surface area contributed by atoms with E-state index < -0.39 is 11.9 Å². The van der Waals surface area contributed by atoms with Crippen molar-refractivity contribution in [1.82, 2.24) is 9.88 Å². The Morgan fingerprint density at radius 2 is 1.90 bits per heavy atom. The summed E-state index contributed by atoms with van der Waals surface area (Å²) in [6, 6.07) is 11.2. The van der Waals surface area contributed by atoms with E-state index >= 15 is 0 Å². The summed E-state index contributed by atoms with van der Waals surface area (Å²) in [6.45, 7) is 3.22. The van der Waals surface area contributed by atoms with Crippen molar-refractivity contribution in [2.45, 2.75) is 20.3 Å². The number of aliphatic carboxylic acids is 1. The molecule has 7 nitrogen and oxygen atoms in total. The summed E-state index contributed by atoms with van der Waals surface area (Å²) in [6.07, 6.45) is -0.0616. The molecule has 3 aromatic rings. The van der Waals surface area contributed by atoms with Gasteiger partial charge in [-0.15, -0.1) is 0 Å². The second-order valence-electron chi connectivity index (χ2n) is 7.14. The Labute approximate surface area is 177 Å². The minimum Gasteiger partial charge on any atom is -0.508 e. The van der Waals surface area contributed by atoms with E-state index in [-0.39, 0.29) is 30.5 Å². The summed E-state index contributed by atoms with van der Waals surface area (Å²) in [7, 11) is 0. The van der Waals surface area contributed by atoms with Gasteiger partial charge in [-0.1, -0.05) is 24.6 Å². The number of nitrogens with zero attached hydrogens (tertiary/aromatic N) is 1. The van der Waals surface area contributed by atoms with Gasteiger partial charge in [0.15, 0.2) is 0 Å². The van der Waals surface area contributed by atoms with Gasteiger partial charge in [-0.05, 0) is 48.9 Å². The monoisotopic (exact) mass is 428 g/mol. The number of aromatic hydroxyl groups is 1. The van der Waals surface area contributed by atoms with Crippen LogP contribution in [0.1, 0.15) is 28.5 Å². The van der Waals surface area contributed by atoms with Crippen LogP contribution in [0.4, 0.5) is 0 Å². The van der Waals surface area contributed by atoms with Crippen LogP contribution in [0, 0.1) is 12.8 Å². The zero-order valence-electron chi connectivity index (χ0n) is 16.5. The topological polar surface area (TPSA) is 109 Å². The fourth-order valence-electron chi connectivity index (χ4n) is 3.28. The average molecular weight is 429 g/mol. The molecule has 0 spiro atoms. The van der Waals surface area contributed by atoms with Crippen LogP contribution >= 0.6 is 11.6 Å². The molecule has 1 heterocycles. The number of benzene rings is 2. The van der Waals surface area contributed by atoms with Gasteiger partial charge in [0.05, 0.1) is 17.9 Å². The summed E-state index contributed by atoms with van der Waals surface area (Å²) >= 11 is 6.02. The van der Waals surface area contributed by atoms with E-state index in [1.165, 1.54) is 23.6 Å². The Bertz CT molecular complexity index is 1150. The molecule has 1 amide bonds. The fraction of sp³-hybridized carbons (Fsp3) is 0.227. The maximum Gasteiger partial charge on any atom is 0.308 e. The maximum atomic E-state index is 13.2. The molecule has 0 fully saturated rings. The van der Waals surface area contributed by atoms with Gasteiger partial charge in [0.25, 0.3) is 5.91 Å². The van der Waals surface area contributed by atoms with Crippen LogP contribution in [0.15, 0.2) is 42.5 Å². The molecule has 0 aliphatic carbocycles. The number of nitrogens with one attached hydrogen (secondary N) is 1. The molecule has 0 aliphatic heterocycles. The van der Waals surface area contributed by atoms with Crippen LogP contribution in [-0.2, 0) is 16.0 Å². The Morgan fingerprint density at radius 1 is 1.17 bits per heavy atom. The van der Waals surface area contributed by atoms with Crippen LogP contribution in [0.25, 0.3) is 10.9 Å². The quantitative estimate of drug-likeness (QED) is 0.557. The number of fused-ring (bicyclic) bond motifs is 1. The lowest BCUT2D eigenvalue weighted by Gasteiger charge is -2.09. The van der Waals surface area contributed by atoms with Gasteiger partial charge in [-0.3, -0.25) is 19.0 Å². The lowest BCUT2D eigenvalue weighted by molar-refractivity contribution is -0.141. The van der Waals surface area contributed by atoms with Gasteiger partial charge in [-0.25, -0.2) is 0 Å². The number of phenolic OH excluding ortho intramolecular Hbond substituents is 1. The van der Waals surface area contributed by atoms with Gasteiger partial charge in [0.2, 0.25) is 5.91 Å². The van der Waals surface area contributed by atoms with Gasteiger partial charge >= 0.3 is 5.97 Å². The number of amides is 1. The molecular formula is C22H21ClN2O5. The third-order valence-corrected chi connectivity index (χ3v) is 5.19. The first kappa shape index (κ1) is 21.4. The number of hydrogen-bond acceptors (Lipinski definition) is 4. The minimum atomic E-state index is -1.000. The number of carboxylic acid groups (broad SMARTS) is 1. The van der Waals surface area contributed by atoms with Crippen molar-refractivity contribution >= 4 is 40.3 Å². The van der Waals surface area contributed by atoms with Crippen molar-refractivity contribution < 1.29 is 24.6 Å². The van der Waals surface area contributed by atoms with Crippen LogP contribution in [0.3, 0.4) is 0 Å². The predicted molar refractivity (Wildman–Crippen MR) is 113 cm³/mol. The van der Waals surface area contributed by atoms with Crippen molar-refractivity contribution in [2.24, 2.45) is 5.92 Å². The van der Waals surface area contributed by atoms with Gasteiger partial charge < -0.3 is 15.5 Å². The van der Waals surface area contributed by atoms with E-state index in [0.717, 1.165) is 0 Å². The summed E-state index contributed by atoms with van der Waals surface area (Å²) in [5.41, 5.74) is 2.08. The molecular weight excluding hydrogens is 408 g/mol. The predicted octanol–water partition coefficient (Wildman–Crippen LogP) is 3.38. The normalized spacial score (nSPS) is 12.0. The third kappa shape index (κ3) is 4.31. The number of carbonyl (C=O) groups excluding carboxylic acids is 2. The maximum absolute atomic E-state index is 13.2. The first-order valence-electron chi connectivity index (χ1n) is 9.31. The number of rotatable bonds is 6. The Balaban J connectivity index is 2.00. The van der Waals surface area contributed by atoms with Gasteiger partial charge in [-0.2, -0.15) is 0 Å². The second-order valence-corrected chi connectivity index (χ2v) is 7.57. The molecule has 30 heavy (non-hydrogen) atoms. The average Bonchev–Trinajstić information content (AvgIpc) is 2.96. The van der Waals surface area contributed by atoms with Gasteiger partial charge in [0.1, 0.15) is 5.75 Å². The Morgan fingerprint density at radius 3 is 2.57 bits per heavy atom. The number of aromatic nitrogens is 1. The zero-order valence-corrected chi connectivity index (χ0v) is 17.2. The van der Waals surface area contributed by atoms with E-state index in [2.05, 4.69) is 5.32 Å². The van der Waals surface area contributed by atoms with Crippen molar-refractivity contribution in [2.75, 3.05) is 6.54 Å². The molecule has 1 aromatic heterocycles. The Kier molecular flexibility index (Phi) is 6.12. The highest BCUT2D eigenvalue weighted by atomic mass is 35.5. The van der Waals surface area contributed by atoms with Crippen molar-refractivity contribution in [1.29, 1.82) is 0 Å². The highest BCUT2D eigenvalue weighted by molar-refractivity contribution is 6.31. The molecule has 8 heteroatoms. The van der Waals surface area contributed by atoms with Crippen LogP contribution in [0.5, 0.6) is 5.75 Å². The standard InChI is InChI=1S/C22H21ClN2O5/c1-12(22(29)30)11-24-20(27)10-17-13(2)25(19-7-6-16(26)9-18(17)19)21(28)14-4-3-5-15(23)8-14/h3-9,12,26H,10-11H2,1-2H3,(H,24,27)(H,29,30). The number of halogens is 1. The molecule has 1 unspecified atom stereocenters. The molecule has 0 saturated carbocycles. The first-order chi connectivity index (χ1) is 14.2. The summed E-state index contributed by atoms with van der Waals surface area (Å²) in [5.74, 6) is -2.39. The molecule has 3 rings (SSSR count). The van der Waals surface area contributed by atoms with Crippen LogP contribution < -0.4 is 5.32 Å². The van der Waals surface area contributed by atoms with Crippen LogP contribution in [0.2, 0.25) is 5.02 Å². The summed E-state index contributed by atoms with van der Waals surface area (Å²) < 4.78 is 1.49. The highest BCUT2D eigenvalue weighted by Gasteiger charge is 2.22. The Hall–Kier alpha value is -3.32. The molecule has 156 valence electrons. The van der Waals surface area contributed by atoms with E-state index in [4.69, 9.17) is 16.7 Å². The van der Waals surface area contributed by atoms with Crippen molar-refractivity contribution in [3.8, 4) is 5.75 Å². The molecule has 0 bridgehead atoms. The van der Waals surface area contributed by atoms with E-state index in [9.17, 15) is 19.5 Å². The molecule has 3 N–H and O–H groups in total. The fourth-order valence-corrected chi connectivity index (χ4v) is 3.47. The summed E-state index contributed by atoms with van der Waals surface area (Å²) in [5, 5.41) is 22.5. The molecule has 1 atom stereocenters. The number of hydrogen-bond donors (Lipinski definition) is 3. The first-order valence-corrected chi connectivity index (χ1v) is 9.69. The lowest BCUT2D eigenvalue weighted by atomic mass is 10.1. The van der Waals surface area contributed by atoms with Crippen LogP contribution in [-0.4, -0.2) is 39.1 Å². The van der Waals surface area contributed by atoms with E-state index in [1.807, 2.05) is 0 Å². The molecule has 0 saturated heterocycles. The third-order valence-electron chi connectivity index (χ3n) is 4.96. The number of phenols is 1. The van der Waals surface area contributed by atoms with Crippen molar-refractivity contribution in [3.63, 3.8) is 0 Å².